The molecular weight excluding hydrogens is 327 g/mol. The summed E-state index contributed by atoms with van der Waals surface area (Å²) in [4.78, 5) is 23.7. The van der Waals surface area contributed by atoms with Gasteiger partial charge >= 0.3 is 0 Å². The van der Waals surface area contributed by atoms with Gasteiger partial charge in [-0.05, 0) is 42.3 Å². The van der Waals surface area contributed by atoms with Gasteiger partial charge in [-0.2, -0.15) is 0 Å². The number of hydrazine groups is 1. The lowest BCUT2D eigenvalue weighted by atomic mass is 10.1. The zero-order valence-electron chi connectivity index (χ0n) is 14.0. The number of benzene rings is 2. The normalized spacial score (nSPS) is 10.0. The maximum Gasteiger partial charge on any atom is 0.269 e. The van der Waals surface area contributed by atoms with Gasteiger partial charge in [0, 0.05) is 12.0 Å². The summed E-state index contributed by atoms with van der Waals surface area (Å²) in [5, 5.41) is 0. The molecule has 2 aromatic carbocycles. The van der Waals surface area contributed by atoms with Crippen LogP contribution in [0.4, 0.5) is 4.39 Å². The van der Waals surface area contributed by atoms with Crippen LogP contribution < -0.4 is 20.3 Å². The Kier molecular flexibility index (Phi) is 6.33. The van der Waals surface area contributed by atoms with Gasteiger partial charge in [-0.15, -0.1) is 0 Å². The summed E-state index contributed by atoms with van der Waals surface area (Å²) in [6, 6.07) is 10.4. The fourth-order valence-corrected chi connectivity index (χ4v) is 2.26. The molecule has 2 aromatic rings. The number of rotatable bonds is 6. The first kappa shape index (κ1) is 18.3. The first-order valence-electron chi connectivity index (χ1n) is 7.59. The van der Waals surface area contributed by atoms with Crippen LogP contribution in [0.25, 0.3) is 0 Å². The van der Waals surface area contributed by atoms with Crippen molar-refractivity contribution >= 4 is 11.8 Å². The van der Waals surface area contributed by atoms with Gasteiger partial charge < -0.3 is 9.47 Å². The Morgan fingerprint density at radius 1 is 1.00 bits per heavy atom. The number of hydrogen-bond donors (Lipinski definition) is 2. The third kappa shape index (κ3) is 4.94. The largest absolute Gasteiger partial charge is 0.493 e. The van der Waals surface area contributed by atoms with Gasteiger partial charge in [-0.3, -0.25) is 20.4 Å². The van der Waals surface area contributed by atoms with Crippen LogP contribution in [0.3, 0.4) is 0 Å². The summed E-state index contributed by atoms with van der Waals surface area (Å²) in [5.74, 6) is -0.154. The molecule has 0 radical (unpaired) electrons. The molecular formula is C18H19FN2O4. The maximum absolute atomic E-state index is 12.8. The Bertz CT molecular complexity index is 747. The maximum atomic E-state index is 12.8. The molecule has 0 bridgehead atoms. The zero-order valence-corrected chi connectivity index (χ0v) is 14.0. The van der Waals surface area contributed by atoms with Gasteiger partial charge in [0.15, 0.2) is 11.5 Å². The molecule has 0 saturated carbocycles. The van der Waals surface area contributed by atoms with Crippen LogP contribution in [0, 0.1) is 5.82 Å². The van der Waals surface area contributed by atoms with Crippen LogP contribution in [-0.4, -0.2) is 26.0 Å². The second-order valence-corrected chi connectivity index (χ2v) is 5.16. The topological polar surface area (TPSA) is 76.7 Å². The number of aryl methyl sites for hydroxylation is 1. The monoisotopic (exact) mass is 346 g/mol. The van der Waals surface area contributed by atoms with Crippen molar-refractivity contribution < 1.29 is 23.5 Å². The van der Waals surface area contributed by atoms with E-state index in [4.69, 9.17) is 9.47 Å². The molecule has 2 amide bonds. The predicted molar refractivity (Wildman–Crippen MR) is 89.9 cm³/mol. The van der Waals surface area contributed by atoms with E-state index in [1.807, 2.05) is 12.1 Å². The first-order valence-corrected chi connectivity index (χ1v) is 7.59. The van der Waals surface area contributed by atoms with Crippen LogP contribution in [0.15, 0.2) is 42.5 Å². The number of carbonyl (C=O) groups excluding carboxylic acids is 2. The highest BCUT2D eigenvalue weighted by atomic mass is 19.1. The third-order valence-electron chi connectivity index (χ3n) is 3.53. The van der Waals surface area contributed by atoms with Crippen LogP contribution in [0.1, 0.15) is 22.3 Å². The average Bonchev–Trinajstić information content (AvgIpc) is 2.64. The second-order valence-electron chi connectivity index (χ2n) is 5.16. The minimum absolute atomic E-state index is 0.146. The Hall–Kier alpha value is -3.09. The molecule has 0 saturated heterocycles. The molecule has 0 aliphatic rings. The Morgan fingerprint density at radius 2 is 1.72 bits per heavy atom. The van der Waals surface area contributed by atoms with Crippen molar-refractivity contribution in [3.05, 3.63) is 59.4 Å². The number of nitrogens with one attached hydrogen (secondary N) is 2. The van der Waals surface area contributed by atoms with Gasteiger partial charge in [0.2, 0.25) is 5.91 Å². The van der Waals surface area contributed by atoms with E-state index >= 15 is 0 Å². The summed E-state index contributed by atoms with van der Waals surface area (Å²) in [6.07, 6.45) is 0.561. The summed E-state index contributed by atoms with van der Waals surface area (Å²) in [6.45, 7) is 0. The molecule has 0 unspecified atom stereocenters. The number of amides is 2. The van der Waals surface area contributed by atoms with Gasteiger partial charge in [-0.1, -0.05) is 12.1 Å². The van der Waals surface area contributed by atoms with Crippen molar-refractivity contribution in [2.24, 2.45) is 0 Å². The van der Waals surface area contributed by atoms with Crippen LogP contribution >= 0.6 is 0 Å². The standard InChI is InChI=1S/C18H19FN2O4/c1-24-15-5-3-4-12(17(15)25-2)8-11-16(22)20-21-18(23)13-6-9-14(19)10-7-13/h3-7,9-10H,8,11H2,1-2H3,(H,20,22)(H,21,23). The van der Waals surface area contributed by atoms with Crippen molar-refractivity contribution in [2.45, 2.75) is 12.8 Å². The first-order chi connectivity index (χ1) is 12.0. The van der Waals surface area contributed by atoms with Crippen LogP contribution in [-0.2, 0) is 11.2 Å². The number of halogens is 1. The van der Waals surface area contributed by atoms with E-state index in [2.05, 4.69) is 10.9 Å². The lowest BCUT2D eigenvalue weighted by Crippen LogP contribution is -2.41. The average molecular weight is 346 g/mol. The molecule has 0 heterocycles. The Balaban J connectivity index is 1.87. The van der Waals surface area contributed by atoms with E-state index < -0.39 is 11.7 Å². The van der Waals surface area contributed by atoms with Crippen LogP contribution in [0.2, 0.25) is 0 Å². The molecule has 0 spiro atoms. The SMILES string of the molecule is COc1cccc(CCC(=O)NNC(=O)c2ccc(F)cc2)c1OC. The summed E-state index contributed by atoms with van der Waals surface area (Å²) in [7, 11) is 3.07. The number of para-hydroxylation sites is 1. The van der Waals surface area contributed by atoms with Crippen molar-refractivity contribution in [3.8, 4) is 11.5 Å². The van der Waals surface area contributed by atoms with E-state index in [0.29, 0.717) is 17.9 Å². The molecule has 7 heteroatoms. The molecule has 0 aromatic heterocycles. The lowest BCUT2D eigenvalue weighted by molar-refractivity contribution is -0.121. The summed E-state index contributed by atoms with van der Waals surface area (Å²) in [5.41, 5.74) is 5.68. The Morgan fingerprint density at radius 3 is 2.36 bits per heavy atom. The van der Waals surface area contributed by atoms with Crippen molar-refractivity contribution in [1.29, 1.82) is 0 Å². The van der Waals surface area contributed by atoms with E-state index in [0.717, 1.165) is 5.56 Å². The van der Waals surface area contributed by atoms with E-state index in [1.54, 1.807) is 13.2 Å². The smallest absolute Gasteiger partial charge is 0.269 e. The number of hydrogen-bond acceptors (Lipinski definition) is 4. The highest BCUT2D eigenvalue weighted by Gasteiger charge is 2.12. The minimum Gasteiger partial charge on any atom is -0.493 e. The van der Waals surface area contributed by atoms with E-state index in [1.165, 1.54) is 31.4 Å². The van der Waals surface area contributed by atoms with Gasteiger partial charge in [-0.25, -0.2) is 4.39 Å². The molecule has 2 rings (SSSR count). The van der Waals surface area contributed by atoms with Gasteiger partial charge in [0.25, 0.3) is 5.91 Å². The number of ether oxygens (including phenoxy) is 2. The summed E-state index contributed by atoms with van der Waals surface area (Å²) < 4.78 is 23.3. The predicted octanol–water partition coefficient (Wildman–Crippen LogP) is 2.24. The molecule has 132 valence electrons. The summed E-state index contributed by atoms with van der Waals surface area (Å²) >= 11 is 0. The lowest BCUT2D eigenvalue weighted by Gasteiger charge is -2.12. The van der Waals surface area contributed by atoms with Crippen LogP contribution in [0.5, 0.6) is 11.5 Å². The third-order valence-corrected chi connectivity index (χ3v) is 3.53. The molecule has 0 fully saturated rings. The zero-order chi connectivity index (χ0) is 18.2. The second kappa shape index (κ2) is 8.68. The van der Waals surface area contributed by atoms with Crippen molar-refractivity contribution in [1.82, 2.24) is 10.9 Å². The minimum atomic E-state index is -0.521. The van der Waals surface area contributed by atoms with E-state index in [9.17, 15) is 14.0 Å². The number of methoxy groups -OCH3 is 2. The number of carbonyl (C=O) groups is 2. The highest BCUT2D eigenvalue weighted by molar-refractivity contribution is 5.95. The van der Waals surface area contributed by atoms with Gasteiger partial charge in [0.05, 0.1) is 14.2 Å². The molecule has 25 heavy (non-hydrogen) atoms. The molecule has 2 N–H and O–H groups in total. The quantitative estimate of drug-likeness (QED) is 0.787. The molecule has 0 atom stereocenters. The van der Waals surface area contributed by atoms with Crippen molar-refractivity contribution in [2.75, 3.05) is 14.2 Å². The molecule has 6 nitrogen and oxygen atoms in total. The van der Waals surface area contributed by atoms with Gasteiger partial charge in [0.1, 0.15) is 5.82 Å². The van der Waals surface area contributed by atoms with E-state index in [-0.39, 0.29) is 17.9 Å². The van der Waals surface area contributed by atoms with Crippen molar-refractivity contribution in [3.63, 3.8) is 0 Å². The fraction of sp³-hybridized carbons (Fsp3) is 0.222. The molecule has 0 aliphatic carbocycles. The molecule has 0 aliphatic heterocycles. The fourth-order valence-electron chi connectivity index (χ4n) is 2.26. The Labute approximate surface area is 144 Å². The highest BCUT2D eigenvalue weighted by Crippen LogP contribution is 2.31.